The van der Waals surface area contributed by atoms with E-state index in [1.165, 1.54) is 0 Å². The van der Waals surface area contributed by atoms with Gasteiger partial charge in [0.2, 0.25) is 11.8 Å². The van der Waals surface area contributed by atoms with E-state index in [2.05, 4.69) is 16.4 Å². The number of nitriles is 1. The van der Waals surface area contributed by atoms with Crippen molar-refractivity contribution >= 4 is 48.8 Å². The summed E-state index contributed by atoms with van der Waals surface area (Å²) < 4.78 is 1.90. The summed E-state index contributed by atoms with van der Waals surface area (Å²) in [5.74, 6) is -0.287. The number of hydrogen-bond acceptors (Lipinski definition) is 4. The van der Waals surface area contributed by atoms with Crippen LogP contribution in [0.15, 0.2) is 67.1 Å². The first-order valence-corrected chi connectivity index (χ1v) is 9.78. The molecule has 1 atom stereocenters. The molecular weight excluding hydrogens is 421 g/mol. The minimum atomic E-state index is -0.507. The summed E-state index contributed by atoms with van der Waals surface area (Å²) in [4.78, 5) is 31.1. The Morgan fingerprint density at radius 3 is 2.56 bits per heavy atom. The Labute approximate surface area is 205 Å². The fourth-order valence-corrected chi connectivity index (χ4v) is 3.61. The first-order chi connectivity index (χ1) is 14.6. The van der Waals surface area contributed by atoms with Crippen LogP contribution in [0.5, 0.6) is 0 Å². The third-order valence-corrected chi connectivity index (χ3v) is 5.18. The van der Waals surface area contributed by atoms with Crippen LogP contribution in [0.1, 0.15) is 23.2 Å². The zero-order chi connectivity index (χ0) is 20.9. The topological polar surface area (TPSA) is 91.0 Å². The molecule has 0 unspecified atom stereocenters. The number of carbonyl (C=O) groups excluding carboxylic acids is 2. The number of benzene rings is 2. The molecule has 1 fully saturated rings. The second-order valence-corrected chi connectivity index (χ2v) is 7.23. The molecular formula is C23H23ClLiN5O2. The van der Waals surface area contributed by atoms with E-state index in [0.717, 1.165) is 16.9 Å². The SMILES string of the molecule is Cl.N#Cc1ccc(Cn2cncc2CC(=O)N[C@@H]2CCN(c3ccccc3)C2=O)cc1.[LiH]. The zero-order valence-electron chi connectivity index (χ0n) is 16.8. The van der Waals surface area contributed by atoms with Gasteiger partial charge in [-0.2, -0.15) is 5.26 Å². The molecule has 3 aromatic rings. The van der Waals surface area contributed by atoms with Crippen LogP contribution in [0.4, 0.5) is 5.69 Å². The van der Waals surface area contributed by atoms with Crippen LogP contribution in [0, 0.1) is 11.3 Å². The Balaban J connectivity index is 0.00000181. The summed E-state index contributed by atoms with van der Waals surface area (Å²) >= 11 is 0. The van der Waals surface area contributed by atoms with Crippen LogP contribution in [-0.2, 0) is 22.6 Å². The van der Waals surface area contributed by atoms with Crippen LogP contribution in [-0.4, -0.2) is 52.8 Å². The monoisotopic (exact) mass is 443 g/mol. The van der Waals surface area contributed by atoms with Crippen molar-refractivity contribution in [2.24, 2.45) is 0 Å². The summed E-state index contributed by atoms with van der Waals surface area (Å²) in [6.45, 7) is 1.14. The molecule has 9 heteroatoms. The van der Waals surface area contributed by atoms with Crippen LogP contribution in [0.2, 0.25) is 0 Å². The van der Waals surface area contributed by atoms with Crippen molar-refractivity contribution in [1.82, 2.24) is 14.9 Å². The number of anilines is 1. The van der Waals surface area contributed by atoms with E-state index < -0.39 is 6.04 Å². The zero-order valence-corrected chi connectivity index (χ0v) is 17.6. The first-order valence-electron chi connectivity index (χ1n) is 9.78. The van der Waals surface area contributed by atoms with Gasteiger partial charge in [0.1, 0.15) is 6.04 Å². The third kappa shape index (κ3) is 5.81. The van der Waals surface area contributed by atoms with Crippen molar-refractivity contribution in [2.75, 3.05) is 11.4 Å². The van der Waals surface area contributed by atoms with Gasteiger partial charge in [0.05, 0.1) is 24.4 Å². The third-order valence-electron chi connectivity index (χ3n) is 5.18. The number of amides is 2. The number of imidazole rings is 1. The van der Waals surface area contributed by atoms with Gasteiger partial charge in [0.15, 0.2) is 0 Å². The number of halogens is 1. The van der Waals surface area contributed by atoms with Crippen LogP contribution in [0.25, 0.3) is 0 Å². The summed E-state index contributed by atoms with van der Waals surface area (Å²) in [6, 6.07) is 18.4. The molecule has 1 aliphatic rings. The van der Waals surface area contributed by atoms with Crippen LogP contribution in [0.3, 0.4) is 0 Å². The molecule has 0 saturated carbocycles. The first kappa shape index (κ1) is 25.2. The van der Waals surface area contributed by atoms with Crippen LogP contribution < -0.4 is 10.2 Å². The van der Waals surface area contributed by atoms with Gasteiger partial charge in [0, 0.05) is 30.7 Å². The number of nitrogens with one attached hydrogen (secondary N) is 1. The van der Waals surface area contributed by atoms with Crippen molar-refractivity contribution in [1.29, 1.82) is 5.26 Å². The van der Waals surface area contributed by atoms with E-state index in [-0.39, 0.29) is 49.5 Å². The van der Waals surface area contributed by atoms with E-state index in [1.807, 2.05) is 47.0 Å². The fraction of sp³-hybridized carbons (Fsp3) is 0.217. The van der Waals surface area contributed by atoms with Crippen molar-refractivity contribution in [3.8, 4) is 6.07 Å². The molecule has 0 spiro atoms. The number of hydrogen-bond donors (Lipinski definition) is 1. The van der Waals surface area contributed by atoms with Gasteiger partial charge in [0.25, 0.3) is 0 Å². The van der Waals surface area contributed by atoms with Crippen molar-refractivity contribution in [3.63, 3.8) is 0 Å². The molecule has 1 aliphatic heterocycles. The Bertz CT molecular complexity index is 1100. The molecule has 0 aliphatic carbocycles. The van der Waals surface area contributed by atoms with Crippen molar-refractivity contribution in [3.05, 3.63) is 83.9 Å². The average molecular weight is 444 g/mol. The molecule has 32 heavy (non-hydrogen) atoms. The predicted octanol–water partition coefficient (Wildman–Crippen LogP) is 2.04. The van der Waals surface area contributed by atoms with Crippen molar-refractivity contribution in [2.45, 2.75) is 25.4 Å². The maximum atomic E-state index is 12.7. The van der Waals surface area contributed by atoms with Gasteiger partial charge in [-0.1, -0.05) is 30.3 Å². The summed E-state index contributed by atoms with van der Waals surface area (Å²) in [7, 11) is 0. The molecule has 160 valence electrons. The average Bonchev–Trinajstić information content (AvgIpc) is 3.35. The van der Waals surface area contributed by atoms with E-state index >= 15 is 0 Å². The molecule has 0 radical (unpaired) electrons. The Kier molecular flexibility index (Phi) is 9.10. The number of nitrogens with zero attached hydrogens (tertiary/aromatic N) is 4. The predicted molar refractivity (Wildman–Crippen MR) is 126 cm³/mol. The standard InChI is InChI=1S/C23H21N5O2.ClH.Li.H/c24-13-17-6-8-18(9-7-17)15-27-16-25-14-20(27)12-22(29)26-21-10-11-28(23(21)30)19-4-2-1-3-5-19;;;/h1-9,14,16,21H,10-12,15H2,(H,26,29);1H;;/t21-;;;/m1.../s1. The molecule has 2 amide bonds. The minimum absolute atomic E-state index is 0. The molecule has 4 rings (SSSR count). The quantitative estimate of drug-likeness (QED) is 0.590. The Morgan fingerprint density at radius 1 is 1.16 bits per heavy atom. The number of aromatic nitrogens is 2. The number of rotatable bonds is 6. The van der Waals surface area contributed by atoms with Crippen molar-refractivity contribution < 1.29 is 9.59 Å². The summed E-state index contributed by atoms with van der Waals surface area (Å²) in [5, 5.41) is 11.8. The molecule has 7 nitrogen and oxygen atoms in total. The summed E-state index contributed by atoms with van der Waals surface area (Å²) in [5.41, 5.74) is 3.23. The summed E-state index contributed by atoms with van der Waals surface area (Å²) in [6.07, 6.45) is 4.07. The van der Waals surface area contributed by atoms with E-state index in [9.17, 15) is 9.59 Å². The van der Waals surface area contributed by atoms with Gasteiger partial charge in [-0.05, 0) is 36.2 Å². The maximum absolute atomic E-state index is 12.7. The molecule has 0 bridgehead atoms. The van der Waals surface area contributed by atoms with Gasteiger partial charge in [-0.15, -0.1) is 12.4 Å². The normalized spacial score (nSPS) is 14.8. The Hall–Kier alpha value is -3.03. The molecule has 1 aromatic heterocycles. The van der Waals surface area contributed by atoms with Crippen LogP contribution >= 0.6 is 12.4 Å². The number of carbonyl (C=O) groups is 2. The molecule has 1 saturated heterocycles. The number of para-hydroxylation sites is 1. The molecule has 2 aromatic carbocycles. The fourth-order valence-electron chi connectivity index (χ4n) is 3.61. The van der Waals surface area contributed by atoms with Gasteiger partial charge < -0.3 is 14.8 Å². The second kappa shape index (κ2) is 11.5. The Morgan fingerprint density at radius 2 is 1.88 bits per heavy atom. The van der Waals surface area contributed by atoms with Gasteiger partial charge in [-0.25, -0.2) is 4.98 Å². The molecule has 2 heterocycles. The van der Waals surface area contributed by atoms with Gasteiger partial charge >= 0.3 is 18.9 Å². The van der Waals surface area contributed by atoms with Gasteiger partial charge in [-0.3, -0.25) is 9.59 Å². The van der Waals surface area contributed by atoms with E-state index in [0.29, 0.717) is 25.1 Å². The second-order valence-electron chi connectivity index (χ2n) is 7.23. The molecule has 1 N–H and O–H groups in total. The van der Waals surface area contributed by atoms with E-state index in [4.69, 9.17) is 5.26 Å². The van der Waals surface area contributed by atoms with E-state index in [1.54, 1.807) is 29.6 Å².